The van der Waals surface area contributed by atoms with Crippen LogP contribution in [0.2, 0.25) is 0 Å². The van der Waals surface area contributed by atoms with Crippen LogP contribution in [0.25, 0.3) is 0 Å². The summed E-state index contributed by atoms with van der Waals surface area (Å²) in [7, 11) is 0. The quantitative estimate of drug-likeness (QED) is 0.449. The lowest BCUT2D eigenvalue weighted by atomic mass is 10.0. The fourth-order valence-electron chi connectivity index (χ4n) is 1.17. The topological polar surface area (TPSA) is 9.23 Å². The molecule has 0 amide bonds. The van der Waals surface area contributed by atoms with E-state index in [2.05, 4.69) is 42.2 Å². The third-order valence-corrected chi connectivity index (χ3v) is 2.73. The minimum absolute atomic E-state index is 0.0954. The fraction of sp³-hybridized carbons (Fsp3) is 0.250. The van der Waals surface area contributed by atoms with Crippen LogP contribution in [0.5, 0.6) is 5.75 Å². The summed E-state index contributed by atoms with van der Waals surface area (Å²) >= 11 is 7.82. The molecule has 0 bridgehead atoms. The molecule has 0 N–H and O–H groups in total. The lowest BCUT2D eigenvalue weighted by Gasteiger charge is -2.10. The lowest BCUT2D eigenvalue weighted by molar-refractivity contribution is 0.342. The van der Waals surface area contributed by atoms with Crippen LogP contribution >= 0.6 is 34.2 Å². The molecule has 0 saturated heterocycles. The summed E-state index contributed by atoms with van der Waals surface area (Å²) in [6, 6.07) is 6.04. The van der Waals surface area contributed by atoms with Gasteiger partial charge in [-0.25, -0.2) is 0 Å². The number of alkyl halides is 1. The Labute approximate surface area is 110 Å². The van der Waals surface area contributed by atoms with E-state index in [4.69, 9.17) is 16.3 Å². The summed E-state index contributed by atoms with van der Waals surface area (Å²) in [6.07, 6.45) is 1.82. The predicted octanol–water partition coefficient (Wildman–Crippen LogP) is 4.01. The van der Waals surface area contributed by atoms with Gasteiger partial charge in [-0.3, -0.25) is 0 Å². The van der Waals surface area contributed by atoms with Crippen molar-refractivity contribution in [2.75, 3.05) is 12.5 Å². The molecular weight excluding hydrogens is 322 g/mol. The van der Waals surface area contributed by atoms with Gasteiger partial charge in [0.25, 0.3) is 0 Å². The second kappa shape index (κ2) is 6.38. The third kappa shape index (κ3) is 4.03. The monoisotopic (exact) mass is 335 g/mol. The van der Waals surface area contributed by atoms with Crippen LogP contribution in [-0.4, -0.2) is 12.5 Å². The molecule has 1 atom stereocenters. The number of ether oxygens (including phenoxy) is 1. The van der Waals surface area contributed by atoms with Gasteiger partial charge >= 0.3 is 0 Å². The van der Waals surface area contributed by atoms with Crippen molar-refractivity contribution >= 4 is 34.2 Å². The zero-order chi connectivity index (χ0) is 11.3. The summed E-state index contributed by atoms with van der Waals surface area (Å²) < 4.78 is 6.60. The lowest BCUT2D eigenvalue weighted by Crippen LogP contribution is -2.00. The van der Waals surface area contributed by atoms with Gasteiger partial charge in [0.2, 0.25) is 0 Å². The molecule has 0 heterocycles. The molecule has 0 aliphatic heterocycles. The van der Waals surface area contributed by atoms with Crippen molar-refractivity contribution in [2.45, 2.75) is 5.92 Å². The molecule has 1 radical (unpaired) electrons. The Hall–Kier alpha value is -0.220. The largest absolute Gasteiger partial charge is 0.492 e. The minimum atomic E-state index is 0.0954. The normalized spacial score (nSPS) is 12.2. The highest BCUT2D eigenvalue weighted by Crippen LogP contribution is 2.24. The molecule has 0 fully saturated rings. The summed E-state index contributed by atoms with van der Waals surface area (Å²) in [4.78, 5) is 0. The molecular formula is C12H13ClIO. The Bertz CT molecular complexity index is 338. The molecule has 3 heteroatoms. The number of halogens is 2. The third-order valence-electron chi connectivity index (χ3n) is 1.95. The predicted molar refractivity (Wildman–Crippen MR) is 73.7 cm³/mol. The fourth-order valence-corrected chi connectivity index (χ4v) is 1.92. The van der Waals surface area contributed by atoms with Crippen LogP contribution in [0.3, 0.4) is 0 Å². The molecule has 0 aliphatic rings. The molecule has 1 nitrogen and oxygen atoms in total. The first kappa shape index (κ1) is 12.8. The average molecular weight is 336 g/mol. The average Bonchev–Trinajstić information content (AvgIpc) is 2.24. The molecule has 1 aromatic carbocycles. The number of benzene rings is 1. The first-order chi connectivity index (χ1) is 7.17. The zero-order valence-corrected chi connectivity index (χ0v) is 11.3. The van der Waals surface area contributed by atoms with Gasteiger partial charge in [0.1, 0.15) is 12.4 Å². The van der Waals surface area contributed by atoms with E-state index in [0.717, 1.165) is 14.9 Å². The maximum Gasteiger partial charge on any atom is 0.120 e. The van der Waals surface area contributed by atoms with E-state index in [1.807, 2.05) is 18.2 Å². The Morgan fingerprint density at radius 3 is 2.80 bits per heavy atom. The van der Waals surface area contributed by atoms with Gasteiger partial charge < -0.3 is 4.74 Å². The molecule has 1 rings (SSSR count). The molecule has 0 saturated carbocycles. The van der Waals surface area contributed by atoms with Gasteiger partial charge in [0.05, 0.1) is 5.88 Å². The number of rotatable bonds is 5. The van der Waals surface area contributed by atoms with Gasteiger partial charge in [0, 0.05) is 9.49 Å². The highest BCUT2D eigenvalue weighted by molar-refractivity contribution is 14.1. The van der Waals surface area contributed by atoms with E-state index in [1.54, 1.807) is 0 Å². The molecule has 0 spiro atoms. The molecule has 15 heavy (non-hydrogen) atoms. The minimum Gasteiger partial charge on any atom is -0.492 e. The maximum atomic E-state index is 5.57. The smallest absolute Gasteiger partial charge is 0.120 e. The van der Waals surface area contributed by atoms with Crippen LogP contribution in [0.4, 0.5) is 0 Å². The van der Waals surface area contributed by atoms with E-state index in [-0.39, 0.29) is 5.92 Å². The van der Waals surface area contributed by atoms with Crippen molar-refractivity contribution in [3.8, 4) is 5.75 Å². The van der Waals surface area contributed by atoms with Crippen LogP contribution < -0.4 is 4.74 Å². The van der Waals surface area contributed by atoms with Crippen LogP contribution in [-0.2, 0) is 0 Å². The molecule has 1 unspecified atom stereocenters. The number of hydrogen-bond acceptors (Lipinski definition) is 1. The summed E-state index contributed by atoms with van der Waals surface area (Å²) in [6.45, 7) is 8.24. The highest BCUT2D eigenvalue weighted by atomic mass is 127. The van der Waals surface area contributed by atoms with E-state index in [0.29, 0.717) is 12.5 Å². The summed E-state index contributed by atoms with van der Waals surface area (Å²) in [5.41, 5.74) is 1.11. The van der Waals surface area contributed by atoms with Gasteiger partial charge in [-0.05, 0) is 53.3 Å². The Kier molecular flexibility index (Phi) is 5.47. The Morgan fingerprint density at radius 2 is 2.20 bits per heavy atom. The summed E-state index contributed by atoms with van der Waals surface area (Å²) in [5.74, 6) is 1.43. The van der Waals surface area contributed by atoms with Crippen molar-refractivity contribution in [2.24, 2.45) is 0 Å². The Morgan fingerprint density at radius 1 is 1.47 bits per heavy atom. The van der Waals surface area contributed by atoms with Crippen molar-refractivity contribution in [3.05, 3.63) is 46.9 Å². The van der Waals surface area contributed by atoms with Gasteiger partial charge in [-0.15, -0.1) is 18.2 Å². The first-order valence-corrected chi connectivity index (χ1v) is 6.23. The second-order valence-electron chi connectivity index (χ2n) is 3.10. The van der Waals surface area contributed by atoms with Crippen molar-refractivity contribution in [1.29, 1.82) is 0 Å². The Balaban J connectivity index is 2.89. The number of allylic oxidation sites excluding steroid dienone is 1. The number of hydrogen-bond donors (Lipinski definition) is 0. The van der Waals surface area contributed by atoms with Crippen LogP contribution in [0, 0.1) is 10.5 Å². The molecule has 0 aliphatic carbocycles. The van der Waals surface area contributed by atoms with Gasteiger partial charge in [0.15, 0.2) is 0 Å². The SMILES string of the molecule is [CH2]C(C=C)c1cc(I)cc(OCCCl)c1. The second-order valence-corrected chi connectivity index (χ2v) is 4.72. The van der Waals surface area contributed by atoms with E-state index in [1.165, 1.54) is 0 Å². The molecule has 0 aromatic heterocycles. The standard InChI is InChI=1S/C12H13ClIO/c1-3-9(2)10-6-11(14)8-12(7-10)15-5-4-13/h3,6-9H,1-2,4-5H2. The van der Waals surface area contributed by atoms with E-state index in [9.17, 15) is 0 Å². The highest BCUT2D eigenvalue weighted by Gasteiger charge is 2.05. The van der Waals surface area contributed by atoms with Crippen molar-refractivity contribution in [3.63, 3.8) is 0 Å². The molecule has 81 valence electrons. The van der Waals surface area contributed by atoms with Crippen molar-refractivity contribution < 1.29 is 4.74 Å². The zero-order valence-electron chi connectivity index (χ0n) is 8.38. The maximum absolute atomic E-state index is 5.57. The van der Waals surface area contributed by atoms with Crippen molar-refractivity contribution in [1.82, 2.24) is 0 Å². The van der Waals surface area contributed by atoms with E-state index < -0.39 is 0 Å². The first-order valence-electron chi connectivity index (χ1n) is 4.62. The van der Waals surface area contributed by atoms with Gasteiger partial charge in [-0.2, -0.15) is 0 Å². The van der Waals surface area contributed by atoms with Gasteiger partial charge in [-0.1, -0.05) is 6.08 Å². The summed E-state index contributed by atoms with van der Waals surface area (Å²) in [5, 5.41) is 0. The molecule has 1 aromatic rings. The van der Waals surface area contributed by atoms with Crippen LogP contribution in [0.1, 0.15) is 11.5 Å². The van der Waals surface area contributed by atoms with E-state index >= 15 is 0 Å². The van der Waals surface area contributed by atoms with Crippen LogP contribution in [0.15, 0.2) is 30.9 Å².